The Hall–Kier alpha value is -1.14. The summed E-state index contributed by atoms with van der Waals surface area (Å²) in [5.74, 6) is 0.144. The van der Waals surface area contributed by atoms with Crippen LogP contribution in [0.3, 0.4) is 0 Å². The van der Waals surface area contributed by atoms with E-state index in [1.165, 1.54) is 0 Å². The molecule has 1 aliphatic rings. The topological polar surface area (TPSA) is 61.8 Å². The molecule has 0 aliphatic carbocycles. The van der Waals surface area contributed by atoms with E-state index in [0.29, 0.717) is 13.2 Å². The molecule has 1 aromatic carbocycles. The van der Waals surface area contributed by atoms with Gasteiger partial charge in [-0.25, -0.2) is 0 Å². The first-order valence-electron chi connectivity index (χ1n) is 7.92. The van der Waals surface area contributed by atoms with E-state index >= 15 is 0 Å². The summed E-state index contributed by atoms with van der Waals surface area (Å²) < 4.78 is 5.51. The van der Waals surface area contributed by atoms with Crippen LogP contribution in [0.4, 0.5) is 0 Å². The van der Waals surface area contributed by atoms with Crippen molar-refractivity contribution in [2.75, 3.05) is 33.3 Å². The van der Waals surface area contributed by atoms with Crippen molar-refractivity contribution in [2.24, 2.45) is 5.92 Å². The lowest BCUT2D eigenvalue weighted by atomic mass is 9.98. The molecule has 5 nitrogen and oxygen atoms in total. The smallest absolute Gasteiger partial charge is 0.226 e. The number of likely N-dealkylation sites (N-methyl/N-ethyl adjacent to an activating group) is 1. The normalized spacial score (nSPS) is 18.8. The number of hydrogen-bond acceptors (Lipinski definition) is 4. The standard InChI is InChI=1S/C17H26N2O3.ClH/c1-19(17(21)15-8-5-9-18-10-15)11-16(20)13-22-12-14-6-3-2-4-7-14;/h2-4,6-7,15-16,18,20H,5,8-13H2,1H3;1H. The number of piperidine rings is 1. The fraction of sp³-hybridized carbons (Fsp3) is 0.588. The third kappa shape index (κ3) is 6.87. The van der Waals surface area contributed by atoms with Crippen molar-refractivity contribution in [3.8, 4) is 0 Å². The maximum atomic E-state index is 12.3. The summed E-state index contributed by atoms with van der Waals surface area (Å²) in [7, 11) is 1.75. The molecule has 1 fully saturated rings. The third-order valence-corrected chi connectivity index (χ3v) is 3.93. The van der Waals surface area contributed by atoms with Crippen molar-refractivity contribution >= 4 is 18.3 Å². The highest BCUT2D eigenvalue weighted by Gasteiger charge is 2.24. The van der Waals surface area contributed by atoms with Gasteiger partial charge in [0.15, 0.2) is 0 Å². The van der Waals surface area contributed by atoms with Crippen LogP contribution >= 0.6 is 12.4 Å². The largest absolute Gasteiger partial charge is 0.389 e. The Morgan fingerprint density at radius 1 is 1.43 bits per heavy atom. The Morgan fingerprint density at radius 3 is 2.83 bits per heavy atom. The average molecular weight is 343 g/mol. The number of hydrogen-bond donors (Lipinski definition) is 2. The molecule has 2 unspecified atom stereocenters. The first-order chi connectivity index (χ1) is 10.7. The molecule has 1 aromatic rings. The van der Waals surface area contributed by atoms with E-state index in [1.54, 1.807) is 11.9 Å². The summed E-state index contributed by atoms with van der Waals surface area (Å²) in [5, 5.41) is 13.3. The van der Waals surface area contributed by atoms with Crippen LogP contribution in [-0.4, -0.2) is 55.3 Å². The summed E-state index contributed by atoms with van der Waals surface area (Å²) in [6, 6.07) is 9.84. The molecule has 0 spiro atoms. The molecule has 1 heterocycles. The van der Waals surface area contributed by atoms with E-state index in [9.17, 15) is 9.90 Å². The number of ether oxygens (including phenoxy) is 1. The molecule has 2 rings (SSSR count). The van der Waals surface area contributed by atoms with Gasteiger partial charge < -0.3 is 20.1 Å². The number of halogens is 1. The number of rotatable bonds is 7. The lowest BCUT2D eigenvalue weighted by Crippen LogP contribution is -2.44. The van der Waals surface area contributed by atoms with Gasteiger partial charge >= 0.3 is 0 Å². The zero-order valence-corrected chi connectivity index (χ0v) is 14.4. The molecule has 2 atom stereocenters. The van der Waals surface area contributed by atoms with Crippen LogP contribution in [0.25, 0.3) is 0 Å². The van der Waals surface area contributed by atoms with Crippen molar-refractivity contribution in [1.29, 1.82) is 0 Å². The van der Waals surface area contributed by atoms with Crippen LogP contribution in [0, 0.1) is 5.92 Å². The molecule has 6 heteroatoms. The number of nitrogens with zero attached hydrogens (tertiary/aromatic N) is 1. The minimum Gasteiger partial charge on any atom is -0.389 e. The third-order valence-electron chi connectivity index (χ3n) is 3.93. The zero-order chi connectivity index (χ0) is 15.8. The summed E-state index contributed by atoms with van der Waals surface area (Å²) in [4.78, 5) is 13.9. The van der Waals surface area contributed by atoms with Gasteiger partial charge in [-0.1, -0.05) is 30.3 Å². The predicted octanol–water partition coefficient (Wildman–Crippen LogP) is 1.44. The Labute approximate surface area is 144 Å². The van der Waals surface area contributed by atoms with Gasteiger partial charge in [0, 0.05) is 20.1 Å². The van der Waals surface area contributed by atoms with Gasteiger partial charge in [0.1, 0.15) is 0 Å². The molecule has 0 radical (unpaired) electrons. The van der Waals surface area contributed by atoms with Crippen LogP contribution in [0.5, 0.6) is 0 Å². The second-order valence-electron chi connectivity index (χ2n) is 5.92. The van der Waals surface area contributed by atoms with E-state index in [0.717, 1.165) is 31.5 Å². The van der Waals surface area contributed by atoms with Crippen molar-refractivity contribution < 1.29 is 14.6 Å². The lowest BCUT2D eigenvalue weighted by molar-refractivity contribution is -0.136. The number of aliphatic hydroxyl groups excluding tert-OH is 1. The summed E-state index contributed by atoms with van der Waals surface area (Å²) in [6.07, 6.45) is 1.30. The second kappa shape index (κ2) is 10.6. The highest BCUT2D eigenvalue weighted by molar-refractivity contribution is 5.85. The van der Waals surface area contributed by atoms with E-state index in [4.69, 9.17) is 4.74 Å². The minimum atomic E-state index is -0.658. The molecule has 1 aliphatic heterocycles. The quantitative estimate of drug-likeness (QED) is 0.787. The van der Waals surface area contributed by atoms with Crippen LogP contribution in [-0.2, 0) is 16.1 Å². The SMILES string of the molecule is CN(CC(O)COCc1ccccc1)C(=O)C1CCCNC1.Cl. The molecule has 130 valence electrons. The van der Waals surface area contributed by atoms with Gasteiger partial charge in [-0.15, -0.1) is 12.4 Å². The van der Waals surface area contributed by atoms with Gasteiger partial charge in [0.2, 0.25) is 5.91 Å². The fourth-order valence-corrected chi connectivity index (χ4v) is 2.72. The van der Waals surface area contributed by atoms with Crippen molar-refractivity contribution in [3.63, 3.8) is 0 Å². The molecule has 0 bridgehead atoms. The fourth-order valence-electron chi connectivity index (χ4n) is 2.72. The molecule has 0 aromatic heterocycles. The number of nitrogens with one attached hydrogen (secondary N) is 1. The number of benzene rings is 1. The van der Waals surface area contributed by atoms with Gasteiger partial charge in [-0.05, 0) is 24.9 Å². The number of carbonyl (C=O) groups is 1. The maximum absolute atomic E-state index is 12.3. The maximum Gasteiger partial charge on any atom is 0.226 e. The summed E-state index contributed by atoms with van der Waals surface area (Å²) >= 11 is 0. The van der Waals surface area contributed by atoms with Crippen molar-refractivity contribution in [3.05, 3.63) is 35.9 Å². The Balaban J connectivity index is 0.00000264. The van der Waals surface area contributed by atoms with Gasteiger partial charge in [0.05, 0.1) is 25.2 Å². The molecule has 1 saturated heterocycles. The van der Waals surface area contributed by atoms with Gasteiger partial charge in [-0.3, -0.25) is 4.79 Å². The summed E-state index contributed by atoms with van der Waals surface area (Å²) in [5.41, 5.74) is 1.08. The van der Waals surface area contributed by atoms with Crippen LogP contribution in [0.15, 0.2) is 30.3 Å². The van der Waals surface area contributed by atoms with Crippen LogP contribution in [0.1, 0.15) is 18.4 Å². The molecule has 0 saturated carbocycles. The van der Waals surface area contributed by atoms with Gasteiger partial charge in [-0.2, -0.15) is 0 Å². The van der Waals surface area contributed by atoms with E-state index in [2.05, 4.69) is 5.32 Å². The van der Waals surface area contributed by atoms with E-state index < -0.39 is 6.10 Å². The minimum absolute atomic E-state index is 0. The Bertz CT molecular complexity index is 452. The number of amides is 1. The molecular formula is C17H27ClN2O3. The van der Waals surface area contributed by atoms with E-state index in [1.807, 2.05) is 30.3 Å². The van der Waals surface area contributed by atoms with Gasteiger partial charge in [0.25, 0.3) is 0 Å². The Morgan fingerprint density at radius 2 is 2.17 bits per heavy atom. The highest BCUT2D eigenvalue weighted by atomic mass is 35.5. The predicted molar refractivity (Wildman–Crippen MR) is 92.6 cm³/mol. The molecule has 2 N–H and O–H groups in total. The average Bonchev–Trinajstić information content (AvgIpc) is 2.56. The molecule has 23 heavy (non-hydrogen) atoms. The lowest BCUT2D eigenvalue weighted by Gasteiger charge is -2.28. The van der Waals surface area contributed by atoms with Crippen molar-refractivity contribution in [1.82, 2.24) is 10.2 Å². The summed E-state index contributed by atoms with van der Waals surface area (Å²) in [6.45, 7) is 2.74. The number of carbonyl (C=O) groups excluding carboxylic acids is 1. The first kappa shape index (κ1) is 19.9. The monoisotopic (exact) mass is 342 g/mol. The van der Waals surface area contributed by atoms with E-state index in [-0.39, 0.29) is 30.8 Å². The Kier molecular flexibility index (Phi) is 9.17. The van der Waals surface area contributed by atoms with Crippen LogP contribution < -0.4 is 5.32 Å². The van der Waals surface area contributed by atoms with Crippen molar-refractivity contribution in [2.45, 2.75) is 25.6 Å². The number of aliphatic hydroxyl groups is 1. The van der Waals surface area contributed by atoms with Crippen LogP contribution in [0.2, 0.25) is 0 Å². The first-order valence-corrected chi connectivity index (χ1v) is 7.92. The zero-order valence-electron chi connectivity index (χ0n) is 13.6. The molecule has 1 amide bonds. The second-order valence-corrected chi connectivity index (χ2v) is 5.92. The highest BCUT2D eigenvalue weighted by Crippen LogP contribution is 2.13. The molecular weight excluding hydrogens is 316 g/mol.